The van der Waals surface area contributed by atoms with Crippen molar-refractivity contribution < 1.29 is 19.2 Å². The van der Waals surface area contributed by atoms with Crippen molar-refractivity contribution in [1.82, 2.24) is 25.1 Å². The Bertz CT molecular complexity index is 1360. The van der Waals surface area contributed by atoms with E-state index in [2.05, 4.69) is 15.5 Å². The van der Waals surface area contributed by atoms with E-state index < -0.39 is 12.1 Å². The molecule has 0 bridgehead atoms. The van der Waals surface area contributed by atoms with Crippen LogP contribution in [-0.2, 0) is 22.5 Å². The number of hydrogen-bond donors (Lipinski definition) is 3. The molecule has 2 aromatic rings. The van der Waals surface area contributed by atoms with Crippen LogP contribution in [-0.4, -0.2) is 102 Å². The minimum absolute atomic E-state index is 0.0503. The van der Waals surface area contributed by atoms with Gasteiger partial charge in [-0.25, -0.2) is 9.59 Å². The number of fused-ring (bicyclic) bond motifs is 1. The van der Waals surface area contributed by atoms with E-state index >= 15 is 0 Å². The van der Waals surface area contributed by atoms with Gasteiger partial charge in [0.15, 0.2) is 0 Å². The number of benzene rings is 2. The molecule has 44 heavy (non-hydrogen) atoms. The molecule has 11 nitrogen and oxygen atoms in total. The lowest BCUT2D eigenvalue weighted by Crippen LogP contribution is -2.56. The second kappa shape index (κ2) is 13.2. The second-order valence-electron chi connectivity index (χ2n) is 12.4. The highest BCUT2D eigenvalue weighted by atomic mass is 35.5. The molecule has 3 fully saturated rings. The lowest BCUT2D eigenvalue weighted by molar-refractivity contribution is -0.137. The van der Waals surface area contributed by atoms with Gasteiger partial charge in [-0.05, 0) is 67.9 Å². The molecular formula is C32H42ClN7O4. The zero-order valence-corrected chi connectivity index (χ0v) is 26.0. The van der Waals surface area contributed by atoms with Crippen molar-refractivity contribution in [2.75, 3.05) is 56.9 Å². The van der Waals surface area contributed by atoms with Gasteiger partial charge in [-0.2, -0.15) is 0 Å². The molecule has 1 aliphatic carbocycles. The van der Waals surface area contributed by atoms with Crippen LogP contribution in [0.3, 0.4) is 0 Å². The molecule has 4 N–H and O–H groups in total. The van der Waals surface area contributed by atoms with Crippen molar-refractivity contribution >= 4 is 41.0 Å². The standard InChI is InChI=1S/C32H42ClN7O4/c1-21-18-22(19-26(33)29(21)34)20-28(30(41)38-16-14-37(15-17-38)24-6-7-24)36-32(43)44-39-11-9-25(10-12-39)40-13-8-23-4-2-3-5-27(23)35-31(40)42/h2-5,18-19,24-25,28H,6-17,20,34H2,1H3,(H,35,42)(H,36,43)/t28-/m1/s1. The minimum Gasteiger partial charge on any atom is -0.397 e. The fourth-order valence-electron chi connectivity index (χ4n) is 6.62. The Morgan fingerprint density at radius 3 is 2.45 bits per heavy atom. The highest BCUT2D eigenvalue weighted by molar-refractivity contribution is 6.33. The molecule has 2 aromatic carbocycles. The van der Waals surface area contributed by atoms with E-state index in [0.717, 1.165) is 41.9 Å². The molecule has 0 spiro atoms. The number of rotatable bonds is 7. The number of anilines is 2. The lowest BCUT2D eigenvalue weighted by Gasteiger charge is -2.37. The molecule has 0 radical (unpaired) electrons. The summed E-state index contributed by atoms with van der Waals surface area (Å²) in [5, 5.41) is 7.94. The molecular weight excluding hydrogens is 582 g/mol. The summed E-state index contributed by atoms with van der Waals surface area (Å²) >= 11 is 6.35. The summed E-state index contributed by atoms with van der Waals surface area (Å²) in [6, 6.07) is 11.4. The van der Waals surface area contributed by atoms with Gasteiger partial charge in [0.1, 0.15) is 6.04 Å². The van der Waals surface area contributed by atoms with Gasteiger partial charge in [-0.15, -0.1) is 5.06 Å². The van der Waals surface area contributed by atoms with Crippen LogP contribution in [0.25, 0.3) is 0 Å². The number of amides is 4. The summed E-state index contributed by atoms with van der Waals surface area (Å²) in [4.78, 5) is 51.8. The second-order valence-corrected chi connectivity index (χ2v) is 12.8. The number of nitrogen functional groups attached to an aromatic ring is 1. The molecule has 6 rings (SSSR count). The molecule has 3 aliphatic heterocycles. The number of nitrogens with two attached hydrogens (primary N) is 1. The maximum absolute atomic E-state index is 13.7. The number of nitrogens with one attached hydrogen (secondary N) is 2. The monoisotopic (exact) mass is 623 g/mol. The average molecular weight is 624 g/mol. The first kappa shape index (κ1) is 30.5. The predicted molar refractivity (Wildman–Crippen MR) is 169 cm³/mol. The van der Waals surface area contributed by atoms with Crippen LogP contribution in [0.15, 0.2) is 36.4 Å². The Hall–Kier alpha value is -3.54. The lowest BCUT2D eigenvalue weighted by atomic mass is 10.0. The Balaban J connectivity index is 1.05. The first-order valence-corrected chi connectivity index (χ1v) is 16.1. The van der Waals surface area contributed by atoms with Crippen LogP contribution in [0.4, 0.5) is 21.0 Å². The molecule has 2 saturated heterocycles. The SMILES string of the molecule is Cc1cc(C[C@@H](NC(=O)ON2CCC(N3CCc4ccccc4NC3=O)CC2)C(=O)N2CCN(C3CC3)CC2)cc(Cl)c1N. The van der Waals surface area contributed by atoms with Crippen molar-refractivity contribution in [3.05, 3.63) is 58.1 Å². The van der Waals surface area contributed by atoms with Gasteiger partial charge in [0.2, 0.25) is 5.91 Å². The number of piperidine rings is 1. The van der Waals surface area contributed by atoms with Crippen LogP contribution >= 0.6 is 11.6 Å². The smallest absolute Gasteiger partial charge is 0.397 e. The number of nitrogens with zero attached hydrogens (tertiary/aromatic N) is 4. The Labute approximate surface area is 263 Å². The number of urea groups is 1. The number of carbonyl (C=O) groups is 3. The third-order valence-corrected chi connectivity index (χ3v) is 9.65. The van der Waals surface area contributed by atoms with Crippen LogP contribution < -0.4 is 16.4 Å². The highest BCUT2D eigenvalue weighted by Crippen LogP contribution is 2.29. The number of hydrogen-bond acceptors (Lipinski definition) is 7. The third kappa shape index (κ3) is 7.06. The summed E-state index contributed by atoms with van der Waals surface area (Å²) in [5.41, 5.74) is 10.2. The van der Waals surface area contributed by atoms with E-state index in [0.29, 0.717) is 62.3 Å². The predicted octanol–water partition coefficient (Wildman–Crippen LogP) is 3.64. The van der Waals surface area contributed by atoms with E-state index in [9.17, 15) is 14.4 Å². The first-order chi connectivity index (χ1) is 21.2. The number of halogens is 1. The summed E-state index contributed by atoms with van der Waals surface area (Å²) in [5.74, 6) is -0.130. The first-order valence-electron chi connectivity index (χ1n) is 15.7. The van der Waals surface area contributed by atoms with Gasteiger partial charge in [-0.1, -0.05) is 35.9 Å². The summed E-state index contributed by atoms with van der Waals surface area (Å²) in [7, 11) is 0. The Kier molecular flexibility index (Phi) is 9.16. The van der Waals surface area contributed by atoms with E-state index in [1.807, 2.05) is 47.1 Å². The molecule has 236 valence electrons. The summed E-state index contributed by atoms with van der Waals surface area (Å²) in [6.45, 7) is 6.44. The van der Waals surface area contributed by atoms with Crippen LogP contribution in [0.1, 0.15) is 42.4 Å². The fraction of sp³-hybridized carbons (Fsp3) is 0.531. The summed E-state index contributed by atoms with van der Waals surface area (Å²) in [6.07, 6.45) is 4.21. The molecule has 1 saturated carbocycles. The van der Waals surface area contributed by atoms with Crippen molar-refractivity contribution in [3.8, 4) is 0 Å². The number of para-hydroxylation sites is 1. The molecule has 1 atom stereocenters. The van der Waals surface area contributed by atoms with E-state index in [1.165, 1.54) is 12.8 Å². The maximum atomic E-state index is 13.7. The number of piperazine rings is 1. The molecule has 4 amide bonds. The largest absolute Gasteiger partial charge is 0.426 e. The van der Waals surface area contributed by atoms with E-state index in [1.54, 1.807) is 11.1 Å². The molecule has 0 aromatic heterocycles. The zero-order chi connectivity index (χ0) is 30.8. The van der Waals surface area contributed by atoms with Crippen LogP contribution in [0, 0.1) is 6.92 Å². The highest BCUT2D eigenvalue weighted by Gasteiger charge is 2.36. The van der Waals surface area contributed by atoms with Gasteiger partial charge in [0.25, 0.3) is 0 Å². The Morgan fingerprint density at radius 2 is 1.75 bits per heavy atom. The number of carbonyl (C=O) groups excluding carboxylic acids is 3. The molecule has 4 aliphatic rings. The molecule has 0 unspecified atom stereocenters. The number of aryl methyl sites for hydroxylation is 1. The normalized spacial score (nSPS) is 20.8. The van der Waals surface area contributed by atoms with Crippen molar-refractivity contribution in [2.45, 2.75) is 63.6 Å². The van der Waals surface area contributed by atoms with E-state index in [-0.39, 0.29) is 24.4 Å². The van der Waals surface area contributed by atoms with Gasteiger partial charge in [-0.3, -0.25) is 9.69 Å². The van der Waals surface area contributed by atoms with Crippen molar-refractivity contribution in [2.24, 2.45) is 0 Å². The topological polar surface area (TPSA) is 123 Å². The van der Waals surface area contributed by atoms with E-state index in [4.69, 9.17) is 22.2 Å². The van der Waals surface area contributed by atoms with Crippen LogP contribution in [0.5, 0.6) is 0 Å². The average Bonchev–Trinajstić information content (AvgIpc) is 3.88. The van der Waals surface area contributed by atoms with Gasteiger partial charge < -0.3 is 31.0 Å². The quantitative estimate of drug-likeness (QED) is 0.403. The van der Waals surface area contributed by atoms with Gasteiger partial charge in [0.05, 0.1) is 10.7 Å². The van der Waals surface area contributed by atoms with Crippen LogP contribution in [0.2, 0.25) is 5.02 Å². The van der Waals surface area contributed by atoms with Crippen molar-refractivity contribution in [1.29, 1.82) is 0 Å². The fourth-order valence-corrected chi connectivity index (χ4v) is 6.91. The molecule has 3 heterocycles. The zero-order valence-electron chi connectivity index (χ0n) is 25.3. The molecule has 12 heteroatoms. The number of hydroxylamine groups is 2. The summed E-state index contributed by atoms with van der Waals surface area (Å²) < 4.78 is 0. The Morgan fingerprint density at radius 1 is 1.02 bits per heavy atom. The van der Waals surface area contributed by atoms with Gasteiger partial charge in [0, 0.05) is 70.0 Å². The van der Waals surface area contributed by atoms with Gasteiger partial charge >= 0.3 is 12.1 Å². The third-order valence-electron chi connectivity index (χ3n) is 9.33. The minimum atomic E-state index is -0.811. The maximum Gasteiger partial charge on any atom is 0.426 e. The van der Waals surface area contributed by atoms with Crippen molar-refractivity contribution in [3.63, 3.8) is 0 Å².